The summed E-state index contributed by atoms with van der Waals surface area (Å²) in [4.78, 5) is 0. The third-order valence-electron chi connectivity index (χ3n) is 2.24. The monoisotopic (exact) mass is 140 g/mol. The maximum absolute atomic E-state index is 3.81. The van der Waals surface area contributed by atoms with Crippen molar-refractivity contribution in [2.24, 2.45) is 5.41 Å². The molecule has 1 aliphatic rings. The van der Waals surface area contributed by atoms with Gasteiger partial charge in [0.2, 0.25) is 0 Å². The fourth-order valence-corrected chi connectivity index (χ4v) is 1.39. The molecule has 0 amide bonds. The molecule has 0 radical (unpaired) electrons. The van der Waals surface area contributed by atoms with E-state index in [4.69, 9.17) is 0 Å². The highest BCUT2D eigenvalue weighted by Gasteiger charge is 2.24. The minimum atomic E-state index is 0.500. The largest absolute Gasteiger partial charge is 0.103 e. The minimum Gasteiger partial charge on any atom is -0.103 e. The van der Waals surface area contributed by atoms with Crippen molar-refractivity contribution in [1.29, 1.82) is 0 Å². The van der Waals surface area contributed by atoms with Gasteiger partial charge in [0.05, 0.1) is 0 Å². The smallest absolute Gasteiger partial charge is 0.0149 e. The standard InChI is InChI=1S/C8H14.C2H6/c1-3-8(2)6-4-5-7-8;1-2/h3H,1,4-7H2,2H3;1-2H3. The normalized spacial score (nSPS) is 21.1. The predicted octanol–water partition coefficient (Wildman–Crippen LogP) is 3.78. The van der Waals surface area contributed by atoms with Gasteiger partial charge < -0.3 is 0 Å². The lowest BCUT2D eigenvalue weighted by atomic mass is 9.90. The Balaban J connectivity index is 0.000000371. The Morgan fingerprint density at radius 3 is 1.80 bits per heavy atom. The molecule has 0 nitrogen and oxygen atoms in total. The van der Waals surface area contributed by atoms with Gasteiger partial charge in [-0.25, -0.2) is 0 Å². The summed E-state index contributed by atoms with van der Waals surface area (Å²) in [5.74, 6) is 0. The van der Waals surface area contributed by atoms with Crippen LogP contribution in [0.25, 0.3) is 0 Å². The fourth-order valence-electron chi connectivity index (χ4n) is 1.39. The van der Waals surface area contributed by atoms with Crippen LogP contribution in [0.3, 0.4) is 0 Å². The molecule has 1 saturated carbocycles. The molecule has 0 heteroatoms. The number of rotatable bonds is 1. The maximum atomic E-state index is 3.81. The molecule has 0 bridgehead atoms. The zero-order valence-electron chi connectivity index (χ0n) is 7.61. The molecule has 0 aromatic rings. The van der Waals surface area contributed by atoms with Crippen LogP contribution in [0.1, 0.15) is 46.5 Å². The topological polar surface area (TPSA) is 0 Å². The van der Waals surface area contributed by atoms with E-state index in [-0.39, 0.29) is 0 Å². The highest BCUT2D eigenvalue weighted by molar-refractivity contribution is 4.94. The molecule has 0 aliphatic heterocycles. The Morgan fingerprint density at radius 1 is 1.20 bits per heavy atom. The van der Waals surface area contributed by atoms with Crippen LogP contribution in [0.15, 0.2) is 12.7 Å². The Labute approximate surface area is 65.3 Å². The van der Waals surface area contributed by atoms with Gasteiger partial charge in [-0.2, -0.15) is 0 Å². The molecule has 1 aliphatic carbocycles. The second kappa shape index (κ2) is 4.54. The van der Waals surface area contributed by atoms with Crippen molar-refractivity contribution in [1.82, 2.24) is 0 Å². The minimum absolute atomic E-state index is 0.500. The van der Waals surface area contributed by atoms with Gasteiger partial charge in [-0.1, -0.05) is 39.7 Å². The molecule has 1 fully saturated rings. The maximum Gasteiger partial charge on any atom is -0.0149 e. The first kappa shape index (κ1) is 9.74. The van der Waals surface area contributed by atoms with Gasteiger partial charge in [0.1, 0.15) is 0 Å². The van der Waals surface area contributed by atoms with Crippen LogP contribution in [0.2, 0.25) is 0 Å². The highest BCUT2D eigenvalue weighted by atomic mass is 14.3. The molecule has 0 N–H and O–H groups in total. The Kier molecular flexibility index (Phi) is 4.42. The van der Waals surface area contributed by atoms with Crippen LogP contribution in [-0.4, -0.2) is 0 Å². The van der Waals surface area contributed by atoms with Gasteiger partial charge in [0.15, 0.2) is 0 Å². The third-order valence-corrected chi connectivity index (χ3v) is 2.24. The van der Waals surface area contributed by atoms with Crippen molar-refractivity contribution in [3.05, 3.63) is 12.7 Å². The number of hydrogen-bond donors (Lipinski definition) is 0. The second-order valence-electron chi connectivity index (χ2n) is 3.07. The predicted molar refractivity (Wildman–Crippen MR) is 48.1 cm³/mol. The van der Waals surface area contributed by atoms with Gasteiger partial charge in [0, 0.05) is 0 Å². The van der Waals surface area contributed by atoms with E-state index in [0.717, 1.165) is 0 Å². The first-order valence-electron chi connectivity index (χ1n) is 4.40. The van der Waals surface area contributed by atoms with Gasteiger partial charge in [0.25, 0.3) is 0 Å². The molecule has 10 heavy (non-hydrogen) atoms. The van der Waals surface area contributed by atoms with Crippen LogP contribution in [0.4, 0.5) is 0 Å². The quantitative estimate of drug-likeness (QED) is 0.486. The second-order valence-corrected chi connectivity index (χ2v) is 3.07. The number of hydrogen-bond acceptors (Lipinski definition) is 0. The van der Waals surface area contributed by atoms with Gasteiger partial charge >= 0.3 is 0 Å². The Morgan fingerprint density at radius 2 is 1.60 bits per heavy atom. The van der Waals surface area contributed by atoms with Crippen LogP contribution < -0.4 is 0 Å². The molecular formula is C10H20. The van der Waals surface area contributed by atoms with E-state index in [2.05, 4.69) is 19.6 Å². The van der Waals surface area contributed by atoms with Gasteiger partial charge in [-0.05, 0) is 18.3 Å². The first-order valence-corrected chi connectivity index (χ1v) is 4.40. The summed E-state index contributed by atoms with van der Waals surface area (Å²) < 4.78 is 0. The molecule has 60 valence electrons. The molecule has 0 aromatic heterocycles. The summed E-state index contributed by atoms with van der Waals surface area (Å²) in [7, 11) is 0. The van der Waals surface area contributed by atoms with Crippen LogP contribution in [0.5, 0.6) is 0 Å². The summed E-state index contributed by atoms with van der Waals surface area (Å²) in [5.41, 5.74) is 0.500. The van der Waals surface area contributed by atoms with Crippen molar-refractivity contribution in [2.75, 3.05) is 0 Å². The molecular weight excluding hydrogens is 120 g/mol. The molecule has 1 rings (SSSR count). The van der Waals surface area contributed by atoms with Crippen molar-refractivity contribution < 1.29 is 0 Å². The molecule has 0 unspecified atom stereocenters. The lowest BCUT2D eigenvalue weighted by molar-refractivity contribution is 0.447. The van der Waals surface area contributed by atoms with Gasteiger partial charge in [-0.15, -0.1) is 6.58 Å². The zero-order valence-corrected chi connectivity index (χ0v) is 7.61. The van der Waals surface area contributed by atoms with Crippen molar-refractivity contribution >= 4 is 0 Å². The SMILES string of the molecule is C=CC1(C)CCCC1.CC. The van der Waals surface area contributed by atoms with Crippen LogP contribution in [0, 0.1) is 5.41 Å². The molecule has 0 heterocycles. The molecule has 0 atom stereocenters. The molecule has 0 spiro atoms. The lowest BCUT2D eigenvalue weighted by Crippen LogP contribution is -2.04. The molecule has 0 saturated heterocycles. The van der Waals surface area contributed by atoms with Crippen molar-refractivity contribution in [2.45, 2.75) is 46.5 Å². The van der Waals surface area contributed by atoms with E-state index < -0.39 is 0 Å². The van der Waals surface area contributed by atoms with Crippen LogP contribution in [-0.2, 0) is 0 Å². The third kappa shape index (κ3) is 2.55. The van der Waals surface area contributed by atoms with E-state index >= 15 is 0 Å². The Hall–Kier alpha value is -0.260. The average molecular weight is 140 g/mol. The van der Waals surface area contributed by atoms with Crippen molar-refractivity contribution in [3.8, 4) is 0 Å². The Bertz CT molecular complexity index is 86.2. The van der Waals surface area contributed by atoms with E-state index in [0.29, 0.717) is 5.41 Å². The average Bonchev–Trinajstić information content (AvgIpc) is 2.42. The molecule has 0 aromatic carbocycles. The summed E-state index contributed by atoms with van der Waals surface area (Å²) in [6, 6.07) is 0. The summed E-state index contributed by atoms with van der Waals surface area (Å²) >= 11 is 0. The highest BCUT2D eigenvalue weighted by Crippen LogP contribution is 2.37. The first-order chi connectivity index (χ1) is 4.77. The van der Waals surface area contributed by atoms with E-state index in [1.807, 2.05) is 13.8 Å². The lowest BCUT2D eigenvalue weighted by Gasteiger charge is -2.15. The van der Waals surface area contributed by atoms with Crippen LogP contribution >= 0.6 is 0 Å². The summed E-state index contributed by atoms with van der Waals surface area (Å²) in [6.07, 6.45) is 7.64. The van der Waals surface area contributed by atoms with E-state index in [9.17, 15) is 0 Å². The van der Waals surface area contributed by atoms with E-state index in [1.165, 1.54) is 25.7 Å². The fraction of sp³-hybridized carbons (Fsp3) is 0.800. The van der Waals surface area contributed by atoms with Crippen molar-refractivity contribution in [3.63, 3.8) is 0 Å². The summed E-state index contributed by atoms with van der Waals surface area (Å²) in [5, 5.41) is 0. The zero-order chi connectivity index (χ0) is 8.04. The van der Waals surface area contributed by atoms with E-state index in [1.54, 1.807) is 0 Å². The number of allylic oxidation sites excluding steroid dienone is 1. The summed E-state index contributed by atoms with van der Waals surface area (Å²) in [6.45, 7) is 10.1. The van der Waals surface area contributed by atoms with Gasteiger partial charge in [-0.3, -0.25) is 0 Å².